The molecule has 5 nitrogen and oxygen atoms in total. The van der Waals surface area contributed by atoms with Crippen LogP contribution in [0.15, 0.2) is 0 Å². The van der Waals surface area contributed by atoms with Gasteiger partial charge in [-0.2, -0.15) is 0 Å². The van der Waals surface area contributed by atoms with Gasteiger partial charge in [0.2, 0.25) is 0 Å². The van der Waals surface area contributed by atoms with Crippen molar-refractivity contribution in [1.82, 2.24) is 5.23 Å². The molecule has 0 aliphatic carbocycles. The molecule has 0 aliphatic heterocycles. The van der Waals surface area contributed by atoms with Crippen LogP contribution < -0.4 is 0 Å². The van der Waals surface area contributed by atoms with Crippen molar-refractivity contribution in [3.63, 3.8) is 0 Å². The molecule has 0 bridgehead atoms. The number of rotatable bonds is 8. The molecule has 2 N–H and O–H groups in total. The highest BCUT2D eigenvalue weighted by Crippen LogP contribution is 2.04. The fraction of sp³-hybridized carbons (Fsp3) is 1.00. The van der Waals surface area contributed by atoms with Crippen LogP contribution in [0.2, 0.25) is 0 Å². The molecule has 0 aliphatic rings. The lowest BCUT2D eigenvalue weighted by Gasteiger charge is -2.25. The fourth-order valence-electron chi connectivity index (χ4n) is 0.702. The molecule has 80 valence electrons. The number of hydroxylamine groups is 2. The average Bonchev–Trinajstić information content (AvgIpc) is 2.17. The van der Waals surface area contributed by atoms with Crippen LogP contribution in [0, 0.1) is 0 Å². The molecule has 0 aromatic rings. The van der Waals surface area contributed by atoms with E-state index in [0.717, 1.165) is 6.42 Å². The van der Waals surface area contributed by atoms with Gasteiger partial charge in [0, 0.05) is 0 Å². The first-order valence-electron chi connectivity index (χ1n) is 4.53. The van der Waals surface area contributed by atoms with Gasteiger partial charge < -0.3 is 10.2 Å². The summed E-state index contributed by atoms with van der Waals surface area (Å²) in [6.07, 6.45) is 0.872. The molecule has 0 aromatic carbocycles. The summed E-state index contributed by atoms with van der Waals surface area (Å²) in [4.78, 5) is 10.2. The van der Waals surface area contributed by atoms with Crippen LogP contribution >= 0.6 is 0 Å². The Morgan fingerprint density at radius 3 is 1.92 bits per heavy atom. The minimum Gasteiger partial charge on any atom is -0.394 e. The molecule has 0 heterocycles. The fourth-order valence-corrected chi connectivity index (χ4v) is 0.702. The summed E-state index contributed by atoms with van der Waals surface area (Å²) >= 11 is 0. The molecule has 0 rings (SSSR count). The lowest BCUT2D eigenvalue weighted by Crippen LogP contribution is -2.34. The number of nitrogens with zero attached hydrogens (tertiary/aromatic N) is 1. The molecule has 0 saturated carbocycles. The summed E-state index contributed by atoms with van der Waals surface area (Å²) in [5.41, 5.74) is 0. The predicted octanol–water partition coefficient (Wildman–Crippen LogP) is -0.0653. The van der Waals surface area contributed by atoms with E-state index in [1.54, 1.807) is 0 Å². The topological polar surface area (TPSA) is 62.2 Å². The molecule has 1 unspecified atom stereocenters. The number of hydrogen-bond donors (Lipinski definition) is 2. The van der Waals surface area contributed by atoms with Gasteiger partial charge in [-0.05, 0) is 13.3 Å². The molecule has 0 radical (unpaired) electrons. The van der Waals surface area contributed by atoms with E-state index in [1.807, 2.05) is 13.8 Å². The van der Waals surface area contributed by atoms with Gasteiger partial charge in [-0.1, -0.05) is 12.2 Å². The highest BCUT2D eigenvalue weighted by Gasteiger charge is 2.12. The van der Waals surface area contributed by atoms with E-state index >= 15 is 0 Å². The van der Waals surface area contributed by atoms with Gasteiger partial charge in [-0.3, -0.25) is 9.68 Å². The molecular formula is C8H19NO4. The minimum absolute atomic E-state index is 0.0462. The second-order valence-electron chi connectivity index (χ2n) is 2.66. The standard InChI is InChI=1S/C8H19NO4/c1-3-8(2)9(12-6-4-10)13-7-5-11/h8,10-11H,3-7H2,1-2H3. The Morgan fingerprint density at radius 1 is 1.15 bits per heavy atom. The maximum Gasteiger partial charge on any atom is 0.0942 e. The summed E-state index contributed by atoms with van der Waals surface area (Å²) in [5.74, 6) is 0. The summed E-state index contributed by atoms with van der Waals surface area (Å²) in [6.45, 7) is 4.26. The van der Waals surface area contributed by atoms with Crippen LogP contribution in [0.4, 0.5) is 0 Å². The minimum atomic E-state index is -0.0462. The largest absolute Gasteiger partial charge is 0.394 e. The third kappa shape index (κ3) is 5.95. The Kier molecular flexibility index (Phi) is 8.27. The van der Waals surface area contributed by atoms with Gasteiger partial charge in [-0.15, -0.1) is 0 Å². The van der Waals surface area contributed by atoms with Crippen molar-refractivity contribution in [2.45, 2.75) is 26.3 Å². The van der Waals surface area contributed by atoms with E-state index in [0.29, 0.717) is 0 Å². The van der Waals surface area contributed by atoms with E-state index in [2.05, 4.69) is 0 Å². The summed E-state index contributed by atoms with van der Waals surface area (Å²) in [7, 11) is 0. The van der Waals surface area contributed by atoms with E-state index in [1.165, 1.54) is 5.23 Å². The number of aliphatic hydroxyl groups excluding tert-OH is 2. The molecule has 1 atom stereocenters. The van der Waals surface area contributed by atoms with E-state index in [9.17, 15) is 0 Å². The first kappa shape index (κ1) is 12.8. The maximum absolute atomic E-state index is 8.54. The molecule has 5 heteroatoms. The maximum atomic E-state index is 8.54. The van der Waals surface area contributed by atoms with Gasteiger partial charge in [-0.25, -0.2) is 0 Å². The second-order valence-corrected chi connectivity index (χ2v) is 2.66. The third-order valence-corrected chi connectivity index (χ3v) is 1.57. The van der Waals surface area contributed by atoms with E-state index in [-0.39, 0.29) is 32.5 Å². The quantitative estimate of drug-likeness (QED) is 0.529. The molecular weight excluding hydrogens is 174 g/mol. The van der Waals surface area contributed by atoms with Crippen LogP contribution in [0.5, 0.6) is 0 Å². The normalized spacial score (nSPS) is 13.6. The van der Waals surface area contributed by atoms with Crippen LogP contribution in [0.3, 0.4) is 0 Å². The van der Waals surface area contributed by atoms with Crippen molar-refractivity contribution in [2.75, 3.05) is 26.4 Å². The number of hydrogen-bond acceptors (Lipinski definition) is 5. The van der Waals surface area contributed by atoms with Crippen molar-refractivity contribution in [1.29, 1.82) is 0 Å². The first-order valence-corrected chi connectivity index (χ1v) is 4.53. The second kappa shape index (κ2) is 8.40. The van der Waals surface area contributed by atoms with E-state index in [4.69, 9.17) is 19.9 Å². The number of aliphatic hydroxyl groups is 2. The molecule has 0 aromatic heterocycles. The zero-order valence-electron chi connectivity index (χ0n) is 8.27. The Hall–Kier alpha value is -0.200. The summed E-state index contributed by atoms with van der Waals surface area (Å²) < 4.78 is 0. The smallest absolute Gasteiger partial charge is 0.0942 e. The van der Waals surface area contributed by atoms with Crippen LogP contribution in [-0.4, -0.2) is 47.9 Å². The molecule has 0 amide bonds. The van der Waals surface area contributed by atoms with Crippen LogP contribution in [0.25, 0.3) is 0 Å². The molecule has 0 saturated heterocycles. The van der Waals surface area contributed by atoms with Gasteiger partial charge in [0.25, 0.3) is 0 Å². The first-order chi connectivity index (χ1) is 6.26. The lowest BCUT2D eigenvalue weighted by molar-refractivity contribution is -0.389. The van der Waals surface area contributed by atoms with Crippen molar-refractivity contribution < 1.29 is 19.9 Å². The van der Waals surface area contributed by atoms with Gasteiger partial charge in [0.15, 0.2) is 0 Å². The SMILES string of the molecule is CCC(C)N(OCCO)OCCO. The van der Waals surface area contributed by atoms with Gasteiger partial charge >= 0.3 is 0 Å². The van der Waals surface area contributed by atoms with Crippen LogP contribution in [-0.2, 0) is 9.68 Å². The Morgan fingerprint density at radius 2 is 1.62 bits per heavy atom. The summed E-state index contributed by atoms with van der Waals surface area (Å²) in [6, 6.07) is 0.109. The van der Waals surface area contributed by atoms with Gasteiger partial charge in [0.05, 0.1) is 32.5 Å². The highest BCUT2D eigenvalue weighted by atomic mass is 17.0. The highest BCUT2D eigenvalue weighted by molar-refractivity contribution is 4.48. The Bertz CT molecular complexity index is 104. The monoisotopic (exact) mass is 193 g/mol. The van der Waals surface area contributed by atoms with Crippen molar-refractivity contribution in [3.05, 3.63) is 0 Å². The molecule has 0 fully saturated rings. The Labute approximate surface area is 78.8 Å². The van der Waals surface area contributed by atoms with E-state index < -0.39 is 0 Å². The molecule has 13 heavy (non-hydrogen) atoms. The van der Waals surface area contributed by atoms with Crippen molar-refractivity contribution in [3.8, 4) is 0 Å². The Balaban J connectivity index is 3.72. The van der Waals surface area contributed by atoms with Crippen LogP contribution in [0.1, 0.15) is 20.3 Å². The van der Waals surface area contributed by atoms with Gasteiger partial charge in [0.1, 0.15) is 0 Å². The average molecular weight is 193 g/mol. The molecule has 0 spiro atoms. The predicted molar refractivity (Wildman–Crippen MR) is 47.7 cm³/mol. The zero-order chi connectivity index (χ0) is 10.1. The summed E-state index contributed by atoms with van der Waals surface area (Å²) in [5, 5.41) is 18.4. The van der Waals surface area contributed by atoms with Crippen molar-refractivity contribution in [2.24, 2.45) is 0 Å². The van der Waals surface area contributed by atoms with Crippen molar-refractivity contribution >= 4 is 0 Å². The third-order valence-electron chi connectivity index (χ3n) is 1.57. The zero-order valence-corrected chi connectivity index (χ0v) is 8.27. The lowest BCUT2D eigenvalue weighted by atomic mass is 10.3.